The molecule has 0 spiro atoms. The van der Waals surface area contributed by atoms with Crippen LogP contribution in [0.4, 0.5) is 0 Å². The Hall–Kier alpha value is -0.300. The summed E-state index contributed by atoms with van der Waals surface area (Å²) < 4.78 is 0. The minimum absolute atomic E-state index is 0.337. The average Bonchev–Trinajstić information content (AvgIpc) is 2.44. The van der Waals surface area contributed by atoms with Crippen molar-refractivity contribution in [2.45, 2.75) is 64.8 Å². The van der Waals surface area contributed by atoms with Crippen molar-refractivity contribution < 1.29 is 0 Å². The van der Waals surface area contributed by atoms with Crippen molar-refractivity contribution in [3.8, 4) is 0 Å². The van der Waals surface area contributed by atoms with Crippen LogP contribution < -0.4 is 5.32 Å². The third-order valence-corrected chi connectivity index (χ3v) is 3.95. The molecule has 1 aliphatic heterocycles. The lowest BCUT2D eigenvalue weighted by molar-refractivity contribution is 0.224. The van der Waals surface area contributed by atoms with Gasteiger partial charge in [0.15, 0.2) is 0 Å². The smallest absolute Gasteiger partial charge is 0.0241 e. The van der Waals surface area contributed by atoms with E-state index in [1.54, 1.807) is 0 Å². The maximum Gasteiger partial charge on any atom is 0.0241 e. The summed E-state index contributed by atoms with van der Waals surface area (Å²) in [5.41, 5.74) is 1.74. The van der Waals surface area contributed by atoms with Crippen molar-refractivity contribution in [3.05, 3.63) is 12.2 Å². The molecule has 0 aliphatic carbocycles. The van der Waals surface area contributed by atoms with Crippen LogP contribution in [0.2, 0.25) is 0 Å². The fourth-order valence-corrected chi connectivity index (χ4v) is 2.59. The Morgan fingerprint density at radius 3 is 2.67 bits per heavy atom. The molecule has 0 amide bonds. The van der Waals surface area contributed by atoms with E-state index in [0.717, 1.165) is 6.42 Å². The lowest BCUT2D eigenvalue weighted by Gasteiger charge is -2.38. The second-order valence-corrected chi connectivity index (χ2v) is 5.33. The van der Waals surface area contributed by atoms with Crippen molar-refractivity contribution >= 4 is 0 Å². The molecule has 1 fully saturated rings. The van der Waals surface area contributed by atoms with Gasteiger partial charge in [-0.2, -0.15) is 0 Å². The Morgan fingerprint density at radius 1 is 1.33 bits per heavy atom. The summed E-state index contributed by atoms with van der Waals surface area (Å²) in [5.74, 6) is 0.707. The van der Waals surface area contributed by atoms with Crippen molar-refractivity contribution in [2.75, 3.05) is 6.54 Å². The molecule has 15 heavy (non-hydrogen) atoms. The van der Waals surface area contributed by atoms with Gasteiger partial charge in [-0.25, -0.2) is 0 Å². The third kappa shape index (κ3) is 3.34. The minimum Gasteiger partial charge on any atom is -0.311 e. The third-order valence-electron chi connectivity index (χ3n) is 3.95. The van der Waals surface area contributed by atoms with Crippen LogP contribution in [0.25, 0.3) is 0 Å². The van der Waals surface area contributed by atoms with Crippen LogP contribution in [0.15, 0.2) is 12.2 Å². The fourth-order valence-electron chi connectivity index (χ4n) is 2.59. The second-order valence-electron chi connectivity index (χ2n) is 5.33. The molecule has 1 unspecified atom stereocenters. The molecule has 0 aromatic heterocycles. The molecule has 88 valence electrons. The summed E-state index contributed by atoms with van der Waals surface area (Å²) in [4.78, 5) is 0. The van der Waals surface area contributed by atoms with Gasteiger partial charge in [0, 0.05) is 5.54 Å². The van der Waals surface area contributed by atoms with Crippen molar-refractivity contribution in [2.24, 2.45) is 5.92 Å². The first-order valence-electron chi connectivity index (χ1n) is 6.52. The molecule has 1 rings (SSSR count). The molecule has 0 bridgehead atoms. The first-order valence-corrected chi connectivity index (χ1v) is 6.52. The number of hydrogen-bond acceptors (Lipinski definition) is 1. The molecule has 1 saturated heterocycles. The molecule has 1 atom stereocenters. The van der Waals surface area contributed by atoms with Gasteiger partial charge in [-0.1, -0.05) is 45.8 Å². The molecule has 1 aliphatic rings. The van der Waals surface area contributed by atoms with Crippen LogP contribution in [0, 0.1) is 5.92 Å². The normalized spacial score (nSPS) is 27.7. The van der Waals surface area contributed by atoms with E-state index in [2.05, 4.69) is 32.7 Å². The second kappa shape index (κ2) is 5.69. The summed E-state index contributed by atoms with van der Waals surface area (Å²) in [5, 5.41) is 3.80. The number of nitrogens with one attached hydrogen (secondary N) is 1. The van der Waals surface area contributed by atoms with Crippen LogP contribution in [-0.4, -0.2) is 12.1 Å². The zero-order valence-electron chi connectivity index (χ0n) is 10.7. The van der Waals surface area contributed by atoms with Gasteiger partial charge in [0.05, 0.1) is 0 Å². The SMILES string of the molecule is C=C(CC)CC1(C(C)C)CCCCCN1. The van der Waals surface area contributed by atoms with Crippen LogP contribution in [0.3, 0.4) is 0 Å². The van der Waals surface area contributed by atoms with Gasteiger partial charge >= 0.3 is 0 Å². The largest absolute Gasteiger partial charge is 0.311 e. The molecule has 1 nitrogen and oxygen atoms in total. The molecular formula is C14H27N. The summed E-state index contributed by atoms with van der Waals surface area (Å²) >= 11 is 0. The van der Waals surface area contributed by atoms with E-state index in [-0.39, 0.29) is 0 Å². The monoisotopic (exact) mass is 209 g/mol. The highest BCUT2D eigenvalue weighted by molar-refractivity contribution is 5.06. The van der Waals surface area contributed by atoms with Gasteiger partial charge in [-0.15, -0.1) is 0 Å². The standard InChI is InChI=1S/C14H27N/c1-5-13(4)11-14(12(2)3)9-7-6-8-10-15-14/h12,15H,4-11H2,1-3H3. The highest BCUT2D eigenvalue weighted by Crippen LogP contribution is 2.32. The average molecular weight is 209 g/mol. The molecule has 0 radical (unpaired) electrons. The van der Waals surface area contributed by atoms with Crippen molar-refractivity contribution in [1.82, 2.24) is 5.32 Å². The first-order chi connectivity index (χ1) is 7.10. The summed E-state index contributed by atoms with van der Waals surface area (Å²) in [6.45, 7) is 12.3. The summed E-state index contributed by atoms with van der Waals surface area (Å²) in [6, 6.07) is 0. The lowest BCUT2D eigenvalue weighted by Crippen LogP contribution is -2.49. The molecular weight excluding hydrogens is 182 g/mol. The predicted octanol–water partition coefficient (Wildman–Crippen LogP) is 3.90. The molecule has 0 aromatic carbocycles. The fraction of sp³-hybridized carbons (Fsp3) is 0.857. The van der Waals surface area contributed by atoms with Crippen LogP contribution in [0.5, 0.6) is 0 Å². The van der Waals surface area contributed by atoms with Gasteiger partial charge in [-0.3, -0.25) is 0 Å². The van der Waals surface area contributed by atoms with Crippen LogP contribution in [0.1, 0.15) is 59.3 Å². The van der Waals surface area contributed by atoms with E-state index in [4.69, 9.17) is 0 Å². The predicted molar refractivity (Wildman–Crippen MR) is 68.1 cm³/mol. The van der Waals surface area contributed by atoms with E-state index in [1.165, 1.54) is 44.2 Å². The highest BCUT2D eigenvalue weighted by atomic mass is 15.0. The Kier molecular flexibility index (Phi) is 4.85. The quantitative estimate of drug-likeness (QED) is 0.692. The van der Waals surface area contributed by atoms with Crippen LogP contribution in [-0.2, 0) is 0 Å². The van der Waals surface area contributed by atoms with Gasteiger partial charge in [-0.05, 0) is 38.1 Å². The van der Waals surface area contributed by atoms with Gasteiger partial charge in [0.1, 0.15) is 0 Å². The molecule has 1 heterocycles. The maximum absolute atomic E-state index is 4.19. The van der Waals surface area contributed by atoms with E-state index in [1.807, 2.05) is 0 Å². The van der Waals surface area contributed by atoms with Gasteiger partial charge in [0.2, 0.25) is 0 Å². The Labute approximate surface area is 95.3 Å². The Bertz CT molecular complexity index is 197. The van der Waals surface area contributed by atoms with E-state index in [0.29, 0.717) is 11.5 Å². The minimum atomic E-state index is 0.337. The Morgan fingerprint density at radius 2 is 2.07 bits per heavy atom. The zero-order valence-corrected chi connectivity index (χ0v) is 10.7. The van der Waals surface area contributed by atoms with Gasteiger partial charge in [0.25, 0.3) is 0 Å². The lowest BCUT2D eigenvalue weighted by atomic mass is 9.77. The van der Waals surface area contributed by atoms with Crippen molar-refractivity contribution in [1.29, 1.82) is 0 Å². The zero-order chi connectivity index (χ0) is 11.3. The topological polar surface area (TPSA) is 12.0 Å². The molecule has 0 aromatic rings. The summed E-state index contributed by atoms with van der Waals surface area (Å²) in [6.07, 6.45) is 7.72. The van der Waals surface area contributed by atoms with E-state index < -0.39 is 0 Å². The van der Waals surface area contributed by atoms with E-state index >= 15 is 0 Å². The summed E-state index contributed by atoms with van der Waals surface area (Å²) in [7, 11) is 0. The number of hydrogen-bond donors (Lipinski definition) is 1. The van der Waals surface area contributed by atoms with Gasteiger partial charge < -0.3 is 5.32 Å². The highest BCUT2D eigenvalue weighted by Gasteiger charge is 2.33. The first kappa shape index (κ1) is 12.8. The van der Waals surface area contributed by atoms with Crippen molar-refractivity contribution in [3.63, 3.8) is 0 Å². The molecule has 0 saturated carbocycles. The van der Waals surface area contributed by atoms with Crippen LogP contribution >= 0.6 is 0 Å². The molecule has 1 N–H and O–H groups in total. The van der Waals surface area contributed by atoms with E-state index in [9.17, 15) is 0 Å². The number of rotatable bonds is 4. The maximum atomic E-state index is 4.19. The Balaban J connectivity index is 2.71. The molecule has 1 heteroatoms.